The minimum atomic E-state index is -0.377. The minimum absolute atomic E-state index is 0.0133. The Kier molecular flexibility index (Phi) is 4.39. The van der Waals surface area contributed by atoms with Gasteiger partial charge in [0.1, 0.15) is 5.75 Å². The van der Waals surface area contributed by atoms with Gasteiger partial charge in [-0.05, 0) is 67.6 Å². The molecular formula is C20H26N2O4. The van der Waals surface area contributed by atoms with Crippen molar-refractivity contribution in [3.8, 4) is 5.75 Å². The van der Waals surface area contributed by atoms with E-state index in [0.717, 1.165) is 42.6 Å². The second kappa shape index (κ2) is 6.58. The highest BCUT2D eigenvalue weighted by Gasteiger charge is 2.56. The molecule has 4 aliphatic rings. The molecule has 26 heavy (non-hydrogen) atoms. The quantitative estimate of drug-likeness (QED) is 0.603. The summed E-state index contributed by atoms with van der Waals surface area (Å²) < 4.78 is 5.60. The van der Waals surface area contributed by atoms with Gasteiger partial charge >= 0.3 is 0 Å². The Morgan fingerprint density at radius 1 is 1.19 bits per heavy atom. The second-order valence-corrected chi connectivity index (χ2v) is 8.33. The molecule has 1 aromatic carbocycles. The fourth-order valence-electron chi connectivity index (χ4n) is 5.44. The van der Waals surface area contributed by atoms with E-state index in [-0.39, 0.29) is 30.4 Å². The molecular weight excluding hydrogens is 332 g/mol. The topological polar surface area (TPSA) is 78.9 Å². The zero-order valence-electron chi connectivity index (χ0n) is 15.1. The first-order valence-electron chi connectivity index (χ1n) is 9.41. The highest BCUT2D eigenvalue weighted by molar-refractivity contribution is 5.78. The number of hydrogen-bond donors (Lipinski definition) is 2. The van der Waals surface area contributed by atoms with Gasteiger partial charge in [0.05, 0.1) is 6.42 Å². The summed E-state index contributed by atoms with van der Waals surface area (Å²) in [4.78, 5) is 23.8. The Bertz CT molecular complexity index is 681. The summed E-state index contributed by atoms with van der Waals surface area (Å²) in [7, 11) is 1.31. The number of likely N-dealkylation sites (N-methyl/N-ethyl adjacent to an activating group) is 1. The Balaban J connectivity index is 1.26. The third kappa shape index (κ3) is 3.43. The van der Waals surface area contributed by atoms with Gasteiger partial charge in [-0.15, -0.1) is 0 Å². The average molecular weight is 358 g/mol. The summed E-state index contributed by atoms with van der Waals surface area (Å²) in [5, 5.41) is 12.9. The maximum absolute atomic E-state index is 12.4. The lowest BCUT2D eigenvalue weighted by Crippen LogP contribution is -2.51. The molecule has 0 aromatic heterocycles. The van der Waals surface area contributed by atoms with E-state index in [1.165, 1.54) is 19.9 Å². The van der Waals surface area contributed by atoms with Crippen molar-refractivity contribution in [1.29, 1.82) is 0 Å². The number of nitrogens with one attached hydrogen (secondary N) is 1. The van der Waals surface area contributed by atoms with Crippen molar-refractivity contribution in [1.82, 2.24) is 10.4 Å². The Hall–Kier alpha value is -2.08. The van der Waals surface area contributed by atoms with Gasteiger partial charge in [-0.1, -0.05) is 12.1 Å². The molecule has 6 heteroatoms. The summed E-state index contributed by atoms with van der Waals surface area (Å²) in [6.07, 6.45) is 6.26. The molecule has 4 fully saturated rings. The lowest BCUT2D eigenvalue weighted by Gasteiger charge is -2.39. The zero-order chi connectivity index (χ0) is 18.3. The van der Waals surface area contributed by atoms with Crippen LogP contribution in [0.3, 0.4) is 0 Å². The summed E-state index contributed by atoms with van der Waals surface area (Å²) in [5.74, 6) is 2.63. The summed E-state index contributed by atoms with van der Waals surface area (Å²) >= 11 is 0. The van der Waals surface area contributed by atoms with Crippen molar-refractivity contribution in [2.45, 2.75) is 44.1 Å². The fraction of sp³-hybridized carbons (Fsp3) is 0.600. The number of carbonyl (C=O) groups is 2. The van der Waals surface area contributed by atoms with Crippen LogP contribution in [0.5, 0.6) is 5.75 Å². The Morgan fingerprint density at radius 3 is 2.42 bits per heavy atom. The van der Waals surface area contributed by atoms with Crippen molar-refractivity contribution in [2.75, 3.05) is 13.7 Å². The molecule has 1 aromatic rings. The number of hydrogen-bond acceptors (Lipinski definition) is 4. The average Bonchev–Trinajstić information content (AvgIpc) is 3.00. The Labute approximate surface area is 153 Å². The SMILES string of the molecule is CN(O)C(=O)Cc1ccc(OCC(=O)NC23CC4CC(C2)C(C4)C3)cc1. The predicted molar refractivity (Wildman–Crippen MR) is 94.6 cm³/mol. The molecule has 2 unspecified atom stereocenters. The zero-order valence-corrected chi connectivity index (χ0v) is 15.1. The van der Waals surface area contributed by atoms with E-state index in [1.54, 1.807) is 24.3 Å². The molecule has 4 aliphatic carbocycles. The molecule has 4 saturated carbocycles. The van der Waals surface area contributed by atoms with Crippen LogP contribution in [0, 0.1) is 17.8 Å². The van der Waals surface area contributed by atoms with Crippen LogP contribution in [0.15, 0.2) is 24.3 Å². The van der Waals surface area contributed by atoms with Gasteiger partial charge in [0.2, 0.25) is 5.91 Å². The van der Waals surface area contributed by atoms with Gasteiger partial charge in [0.15, 0.2) is 6.61 Å². The van der Waals surface area contributed by atoms with E-state index in [2.05, 4.69) is 5.32 Å². The number of ether oxygens (including phenoxy) is 1. The number of carbonyl (C=O) groups excluding carboxylic acids is 2. The summed E-state index contributed by atoms with van der Waals surface area (Å²) in [6.45, 7) is 0.0133. The molecule has 2 atom stereocenters. The van der Waals surface area contributed by atoms with Crippen LogP contribution in [0.2, 0.25) is 0 Å². The summed E-state index contributed by atoms with van der Waals surface area (Å²) in [5.41, 5.74) is 0.808. The molecule has 0 saturated heterocycles. The van der Waals surface area contributed by atoms with Crippen LogP contribution in [-0.2, 0) is 16.0 Å². The van der Waals surface area contributed by atoms with Crippen LogP contribution in [0.4, 0.5) is 0 Å². The first-order chi connectivity index (χ1) is 12.4. The van der Waals surface area contributed by atoms with Gasteiger partial charge in [0.25, 0.3) is 5.91 Å². The summed E-state index contributed by atoms with van der Waals surface area (Å²) in [6, 6.07) is 7.02. The van der Waals surface area contributed by atoms with Gasteiger partial charge in [-0.25, -0.2) is 5.06 Å². The van der Waals surface area contributed by atoms with Crippen molar-refractivity contribution in [3.63, 3.8) is 0 Å². The highest BCUT2D eigenvalue weighted by atomic mass is 16.5. The van der Waals surface area contributed by atoms with E-state index < -0.39 is 0 Å². The van der Waals surface area contributed by atoms with Crippen LogP contribution in [0.25, 0.3) is 0 Å². The molecule has 0 radical (unpaired) electrons. The lowest BCUT2D eigenvalue weighted by molar-refractivity contribution is -0.158. The fourth-order valence-corrected chi connectivity index (χ4v) is 5.44. The monoisotopic (exact) mass is 358 g/mol. The van der Waals surface area contributed by atoms with E-state index >= 15 is 0 Å². The van der Waals surface area contributed by atoms with Crippen LogP contribution < -0.4 is 10.1 Å². The van der Waals surface area contributed by atoms with Crippen LogP contribution >= 0.6 is 0 Å². The maximum Gasteiger partial charge on any atom is 0.258 e. The first kappa shape index (κ1) is 17.3. The first-order valence-corrected chi connectivity index (χ1v) is 9.41. The van der Waals surface area contributed by atoms with Crippen molar-refractivity contribution < 1.29 is 19.5 Å². The molecule has 0 spiro atoms. The van der Waals surface area contributed by atoms with Gasteiger partial charge in [-0.2, -0.15) is 0 Å². The molecule has 0 aliphatic heterocycles. The normalized spacial score (nSPS) is 31.1. The van der Waals surface area contributed by atoms with Crippen molar-refractivity contribution in [2.24, 2.45) is 17.8 Å². The minimum Gasteiger partial charge on any atom is -0.484 e. The predicted octanol–water partition coefficient (Wildman–Crippen LogP) is 2.15. The standard InChI is InChI=1S/C20H26N2O4/c1-22(25)19(24)8-13-2-4-17(5-3-13)26-12-18(23)21-20-9-14-6-15(10-20)16(7-14)11-20/h2-5,14-16,25H,6-12H2,1H3,(H,21,23). The molecule has 140 valence electrons. The van der Waals surface area contributed by atoms with Gasteiger partial charge in [-0.3, -0.25) is 14.8 Å². The van der Waals surface area contributed by atoms with E-state index in [9.17, 15) is 9.59 Å². The molecule has 4 bridgehead atoms. The number of rotatable bonds is 6. The van der Waals surface area contributed by atoms with Gasteiger partial charge in [0, 0.05) is 12.6 Å². The smallest absolute Gasteiger partial charge is 0.258 e. The third-order valence-electron chi connectivity index (χ3n) is 6.34. The number of hydroxylamine groups is 2. The van der Waals surface area contributed by atoms with E-state index in [1.807, 2.05) is 0 Å². The van der Waals surface area contributed by atoms with E-state index in [0.29, 0.717) is 10.8 Å². The third-order valence-corrected chi connectivity index (χ3v) is 6.34. The molecule has 0 heterocycles. The van der Waals surface area contributed by atoms with Gasteiger partial charge < -0.3 is 10.1 Å². The largest absolute Gasteiger partial charge is 0.484 e. The number of benzene rings is 1. The molecule has 2 amide bonds. The van der Waals surface area contributed by atoms with Crippen molar-refractivity contribution >= 4 is 11.8 Å². The lowest BCUT2D eigenvalue weighted by atomic mass is 9.76. The molecule has 6 nitrogen and oxygen atoms in total. The second-order valence-electron chi connectivity index (χ2n) is 8.33. The molecule has 2 N–H and O–H groups in total. The number of nitrogens with zero attached hydrogens (tertiary/aromatic N) is 1. The van der Waals surface area contributed by atoms with Crippen molar-refractivity contribution in [3.05, 3.63) is 29.8 Å². The van der Waals surface area contributed by atoms with Crippen LogP contribution in [0.1, 0.15) is 37.7 Å². The number of amides is 2. The molecule has 5 rings (SSSR count). The maximum atomic E-state index is 12.4. The van der Waals surface area contributed by atoms with Crippen LogP contribution in [-0.4, -0.2) is 41.3 Å². The van der Waals surface area contributed by atoms with E-state index in [4.69, 9.17) is 9.94 Å². The Morgan fingerprint density at radius 2 is 1.85 bits per heavy atom. The highest BCUT2D eigenvalue weighted by Crippen LogP contribution is 2.59.